The van der Waals surface area contributed by atoms with Gasteiger partial charge in [0.05, 0.1) is 0 Å². The number of unbranched alkanes of at least 4 members (excludes halogenated alkanes) is 2. The van der Waals surface area contributed by atoms with Gasteiger partial charge < -0.3 is 16.0 Å². The number of amides is 3. The van der Waals surface area contributed by atoms with E-state index in [1.54, 1.807) is 24.3 Å². The van der Waals surface area contributed by atoms with Crippen LogP contribution in [0, 0.1) is 0 Å². The van der Waals surface area contributed by atoms with Crippen molar-refractivity contribution in [2.45, 2.75) is 64.3 Å². The summed E-state index contributed by atoms with van der Waals surface area (Å²) in [6, 6.07) is 7.31. The van der Waals surface area contributed by atoms with E-state index in [2.05, 4.69) is 16.0 Å². The lowest BCUT2D eigenvalue weighted by atomic mass is 10.1. The van der Waals surface area contributed by atoms with Crippen LogP contribution in [0.5, 0.6) is 0 Å². The first-order chi connectivity index (χ1) is 12.5. The van der Waals surface area contributed by atoms with E-state index >= 15 is 0 Å². The van der Waals surface area contributed by atoms with Crippen molar-refractivity contribution in [2.75, 3.05) is 11.9 Å². The van der Waals surface area contributed by atoms with E-state index in [4.69, 9.17) is 0 Å². The molecule has 1 aromatic carbocycles. The molecule has 6 heteroatoms. The molecule has 0 unspecified atom stereocenters. The highest BCUT2D eigenvalue weighted by molar-refractivity contribution is 5.96. The van der Waals surface area contributed by atoms with E-state index < -0.39 is 0 Å². The Kier molecular flexibility index (Phi) is 8.12. The smallest absolute Gasteiger partial charge is 0.251 e. The molecule has 2 rings (SSSR count). The summed E-state index contributed by atoms with van der Waals surface area (Å²) >= 11 is 0. The molecule has 0 aromatic heterocycles. The number of carbonyl (C=O) groups excluding carboxylic acids is 3. The second kappa shape index (κ2) is 10.6. The number of hydrogen-bond acceptors (Lipinski definition) is 3. The summed E-state index contributed by atoms with van der Waals surface area (Å²) in [4.78, 5) is 34.9. The molecule has 3 N–H and O–H groups in total. The summed E-state index contributed by atoms with van der Waals surface area (Å²) in [5.41, 5.74) is 1.32. The molecule has 0 spiro atoms. The van der Waals surface area contributed by atoms with Gasteiger partial charge in [0.1, 0.15) is 0 Å². The third kappa shape index (κ3) is 7.25. The first-order valence-corrected chi connectivity index (χ1v) is 9.50. The summed E-state index contributed by atoms with van der Waals surface area (Å²) in [6.45, 7) is 2.15. The summed E-state index contributed by atoms with van der Waals surface area (Å²) in [7, 11) is 0. The lowest BCUT2D eigenvalue weighted by Gasteiger charge is -2.12. The molecule has 1 aliphatic rings. The van der Waals surface area contributed by atoms with Crippen LogP contribution in [0.3, 0.4) is 0 Å². The maximum Gasteiger partial charge on any atom is 0.251 e. The van der Waals surface area contributed by atoms with E-state index in [0.717, 1.165) is 32.1 Å². The van der Waals surface area contributed by atoms with Gasteiger partial charge in [-0.3, -0.25) is 14.4 Å². The maximum absolute atomic E-state index is 12.2. The van der Waals surface area contributed by atoms with Gasteiger partial charge in [0.25, 0.3) is 5.91 Å². The molecule has 0 heterocycles. The van der Waals surface area contributed by atoms with Crippen molar-refractivity contribution < 1.29 is 14.4 Å². The van der Waals surface area contributed by atoms with Crippen molar-refractivity contribution in [3.8, 4) is 0 Å². The Labute approximate surface area is 155 Å². The van der Waals surface area contributed by atoms with Gasteiger partial charge in [0, 0.05) is 37.2 Å². The molecule has 0 aliphatic heterocycles. The average Bonchev–Trinajstić information content (AvgIpc) is 3.11. The molecule has 0 radical (unpaired) electrons. The molecule has 1 fully saturated rings. The van der Waals surface area contributed by atoms with Gasteiger partial charge in [-0.25, -0.2) is 0 Å². The highest BCUT2D eigenvalue weighted by Gasteiger charge is 2.17. The molecule has 1 aliphatic carbocycles. The third-order valence-electron chi connectivity index (χ3n) is 4.58. The highest BCUT2D eigenvalue weighted by atomic mass is 16.2. The van der Waals surface area contributed by atoms with Crippen LogP contribution in [0.15, 0.2) is 24.3 Å². The van der Waals surface area contributed by atoms with Crippen LogP contribution >= 0.6 is 0 Å². The Morgan fingerprint density at radius 1 is 1.00 bits per heavy atom. The van der Waals surface area contributed by atoms with Gasteiger partial charge in [-0.1, -0.05) is 19.3 Å². The Hall–Kier alpha value is -2.37. The van der Waals surface area contributed by atoms with Crippen molar-refractivity contribution in [2.24, 2.45) is 0 Å². The van der Waals surface area contributed by atoms with Crippen molar-refractivity contribution >= 4 is 23.4 Å². The van der Waals surface area contributed by atoms with Gasteiger partial charge >= 0.3 is 0 Å². The van der Waals surface area contributed by atoms with Gasteiger partial charge in [0.2, 0.25) is 11.8 Å². The first-order valence-electron chi connectivity index (χ1n) is 9.50. The standard InChI is InChI=1S/C20H29N3O3/c1-15(24)21-14-6-2-3-9-19(25)22-18-12-10-16(11-13-18)20(26)23-17-7-4-5-8-17/h10-13,17H,2-9,14H2,1H3,(H,21,24)(H,22,25)(H,23,26). The van der Waals surface area contributed by atoms with E-state index in [1.807, 2.05) is 0 Å². The molecule has 1 aromatic rings. The van der Waals surface area contributed by atoms with Gasteiger partial charge in [-0.2, -0.15) is 0 Å². The van der Waals surface area contributed by atoms with Crippen LogP contribution in [0.25, 0.3) is 0 Å². The minimum Gasteiger partial charge on any atom is -0.356 e. The molecule has 26 heavy (non-hydrogen) atoms. The Bertz CT molecular complexity index is 607. The fraction of sp³-hybridized carbons (Fsp3) is 0.550. The first kappa shape index (κ1) is 19.9. The normalized spacial score (nSPS) is 14.0. The predicted molar refractivity (Wildman–Crippen MR) is 102 cm³/mol. The average molecular weight is 359 g/mol. The zero-order valence-electron chi connectivity index (χ0n) is 15.5. The van der Waals surface area contributed by atoms with Gasteiger partial charge in [-0.15, -0.1) is 0 Å². The van der Waals surface area contributed by atoms with Crippen molar-refractivity contribution in [3.63, 3.8) is 0 Å². The molecule has 6 nitrogen and oxygen atoms in total. The Morgan fingerprint density at radius 2 is 1.69 bits per heavy atom. The van der Waals surface area contributed by atoms with Gasteiger partial charge in [-0.05, 0) is 49.9 Å². The van der Waals surface area contributed by atoms with Crippen LogP contribution in [-0.2, 0) is 9.59 Å². The number of nitrogens with one attached hydrogen (secondary N) is 3. The van der Waals surface area contributed by atoms with Crippen LogP contribution in [-0.4, -0.2) is 30.3 Å². The fourth-order valence-electron chi connectivity index (χ4n) is 3.12. The number of benzene rings is 1. The van der Waals surface area contributed by atoms with Crippen LogP contribution in [0.4, 0.5) is 5.69 Å². The summed E-state index contributed by atoms with van der Waals surface area (Å²) < 4.78 is 0. The number of hydrogen-bond donors (Lipinski definition) is 3. The lowest BCUT2D eigenvalue weighted by Crippen LogP contribution is -2.32. The van der Waals surface area contributed by atoms with E-state index in [9.17, 15) is 14.4 Å². The Balaban J connectivity index is 1.66. The van der Waals surface area contributed by atoms with E-state index in [1.165, 1.54) is 19.8 Å². The quantitative estimate of drug-likeness (QED) is 0.592. The van der Waals surface area contributed by atoms with Crippen LogP contribution in [0.1, 0.15) is 68.6 Å². The number of anilines is 1. The third-order valence-corrected chi connectivity index (χ3v) is 4.58. The topological polar surface area (TPSA) is 87.3 Å². The van der Waals surface area contributed by atoms with Crippen molar-refractivity contribution in [1.82, 2.24) is 10.6 Å². The zero-order valence-corrected chi connectivity index (χ0v) is 15.5. The fourth-order valence-corrected chi connectivity index (χ4v) is 3.12. The largest absolute Gasteiger partial charge is 0.356 e. The van der Waals surface area contributed by atoms with Crippen LogP contribution in [0.2, 0.25) is 0 Å². The maximum atomic E-state index is 12.2. The summed E-state index contributed by atoms with van der Waals surface area (Å²) in [5, 5.41) is 8.64. The SMILES string of the molecule is CC(=O)NCCCCCC(=O)Nc1ccc(C(=O)NC2CCCC2)cc1. The number of rotatable bonds is 9. The van der Waals surface area contributed by atoms with E-state index in [0.29, 0.717) is 30.3 Å². The van der Waals surface area contributed by atoms with Gasteiger partial charge in [0.15, 0.2) is 0 Å². The Morgan fingerprint density at radius 3 is 2.35 bits per heavy atom. The predicted octanol–water partition coefficient (Wildman–Crippen LogP) is 2.99. The molecule has 0 atom stereocenters. The second-order valence-electron chi connectivity index (χ2n) is 6.87. The molecule has 1 saturated carbocycles. The van der Waals surface area contributed by atoms with Crippen molar-refractivity contribution in [3.05, 3.63) is 29.8 Å². The van der Waals surface area contributed by atoms with Crippen LogP contribution < -0.4 is 16.0 Å². The lowest BCUT2D eigenvalue weighted by molar-refractivity contribution is -0.119. The number of carbonyl (C=O) groups is 3. The summed E-state index contributed by atoms with van der Waals surface area (Å²) in [5.74, 6) is -0.107. The highest BCUT2D eigenvalue weighted by Crippen LogP contribution is 2.18. The summed E-state index contributed by atoms with van der Waals surface area (Å²) in [6.07, 6.45) is 7.49. The molecule has 142 valence electrons. The molecular formula is C20H29N3O3. The molecular weight excluding hydrogens is 330 g/mol. The zero-order chi connectivity index (χ0) is 18.8. The minimum atomic E-state index is -0.0473. The second-order valence-corrected chi connectivity index (χ2v) is 6.87. The molecule has 0 bridgehead atoms. The van der Waals surface area contributed by atoms with Crippen molar-refractivity contribution in [1.29, 1.82) is 0 Å². The minimum absolute atomic E-state index is 0.0249. The molecule has 0 saturated heterocycles. The van der Waals surface area contributed by atoms with E-state index in [-0.39, 0.29) is 17.7 Å². The monoisotopic (exact) mass is 359 g/mol. The molecule has 3 amide bonds.